The third-order valence-corrected chi connectivity index (χ3v) is 0.622. The Kier molecular flexibility index (Phi) is 15.2. The second-order valence-electron chi connectivity index (χ2n) is 0.901. The maximum absolute atomic E-state index is 8.52. The Balaban J connectivity index is 0. The zero-order chi connectivity index (χ0) is 6.99. The quantitative estimate of drug-likeness (QED) is 0.408. The fourth-order valence-electron chi connectivity index (χ4n) is 0. The van der Waals surface area contributed by atoms with Crippen LogP contribution in [0.4, 0.5) is 0 Å². The second kappa shape index (κ2) is 10.6. The molecular weight excluding hydrogens is 179 g/mol. The number of hydrogen-bond donors (Lipinski definition) is 0. The van der Waals surface area contributed by atoms with Crippen LogP contribution in [0.5, 0.6) is 0 Å². The Bertz CT molecular complexity index is 52.5. The van der Waals surface area contributed by atoms with Crippen molar-refractivity contribution in [2.75, 3.05) is 0 Å². The van der Waals surface area contributed by atoms with Gasteiger partial charge in [0.15, 0.2) is 0 Å². The Morgan fingerprint density at radius 3 is 1.75 bits per heavy atom. The van der Waals surface area contributed by atoms with Gasteiger partial charge in [0.1, 0.15) is 0 Å². The summed E-state index contributed by atoms with van der Waals surface area (Å²) in [6, 6.07) is 0. The molecule has 0 aromatic carbocycles. The molecule has 3 nitrogen and oxygen atoms in total. The summed E-state index contributed by atoms with van der Waals surface area (Å²) in [5.41, 5.74) is 0. The van der Waals surface area contributed by atoms with Crippen molar-refractivity contribution in [1.82, 2.24) is 0 Å². The Morgan fingerprint density at radius 2 is 1.75 bits per heavy atom. The summed E-state index contributed by atoms with van der Waals surface area (Å²) in [4.78, 5) is 17.0. The van der Waals surface area contributed by atoms with E-state index >= 15 is 0 Å². The van der Waals surface area contributed by atoms with Crippen LogP contribution in [0.25, 0.3) is 0 Å². The van der Waals surface area contributed by atoms with E-state index in [1.165, 1.54) is 0 Å². The molecule has 0 aliphatic heterocycles. The molecule has 0 bridgehead atoms. The predicted octanol–water partition coefficient (Wildman–Crippen LogP) is -0.542. The molecular formula is C3H8CuO3P. The van der Waals surface area contributed by atoms with Crippen molar-refractivity contribution in [2.24, 2.45) is 0 Å². The molecule has 0 aliphatic carbocycles. The summed E-state index contributed by atoms with van der Waals surface area (Å²) >= 11 is 4.67. The Hall–Kier alpha value is 0.669. The third-order valence-electron chi connectivity index (χ3n) is 0.151. The Morgan fingerprint density at radius 1 is 1.62 bits per heavy atom. The van der Waals surface area contributed by atoms with Gasteiger partial charge in [-0.1, -0.05) is 8.25 Å². The minimum absolute atomic E-state index is 0.882. The van der Waals surface area contributed by atoms with Crippen LogP contribution >= 0.6 is 8.25 Å². The van der Waals surface area contributed by atoms with Gasteiger partial charge in [-0.3, -0.25) is 0 Å². The van der Waals surface area contributed by atoms with Crippen molar-refractivity contribution in [1.29, 1.82) is 0 Å². The summed E-state index contributed by atoms with van der Waals surface area (Å²) < 4.78 is 8.52. The average molecular weight is 187 g/mol. The van der Waals surface area contributed by atoms with Gasteiger partial charge in [0.25, 0.3) is 0 Å². The molecule has 0 aromatic heterocycles. The first-order valence-corrected chi connectivity index (χ1v) is 3.92. The molecule has 54 valence electrons. The monoisotopic (exact) mass is 186 g/mol. The zero-order valence-electron chi connectivity index (χ0n) is 4.44. The van der Waals surface area contributed by atoms with Crippen molar-refractivity contribution in [3.05, 3.63) is 0 Å². The van der Waals surface area contributed by atoms with E-state index in [9.17, 15) is 0 Å². The maximum Gasteiger partial charge on any atom is -0.0813 e. The fraction of sp³-hybridized carbons (Fsp3) is 1.00. The number of rotatable bonds is 1. The molecule has 0 unspecified atom stereocenters. The molecule has 0 N–H and O–H groups in total. The summed E-state index contributed by atoms with van der Waals surface area (Å²) in [6.45, 7) is 2.07. The van der Waals surface area contributed by atoms with Crippen molar-refractivity contribution in [2.45, 2.75) is 18.7 Å². The number of hydrogen-bond acceptors (Lipinski definition) is 3. The smallest absolute Gasteiger partial charge is 0.0813 e. The van der Waals surface area contributed by atoms with Gasteiger partial charge in [0, 0.05) is 0 Å². The van der Waals surface area contributed by atoms with Crippen molar-refractivity contribution in [3.8, 4) is 0 Å². The second-order valence-corrected chi connectivity index (χ2v) is 1.87. The molecule has 0 saturated carbocycles. The summed E-state index contributed by atoms with van der Waals surface area (Å²) in [7, 11) is -3.63. The molecule has 0 aromatic rings. The van der Waals surface area contributed by atoms with E-state index in [4.69, 9.17) is 14.4 Å². The van der Waals surface area contributed by atoms with Gasteiger partial charge in [-0.05, 0) is 0 Å². The molecule has 5 heteroatoms. The minimum Gasteiger partial charge on any atom is -0.813 e. The maximum atomic E-state index is 8.52. The molecule has 0 fully saturated rings. The van der Waals surface area contributed by atoms with E-state index in [1.54, 1.807) is 0 Å². The van der Waals surface area contributed by atoms with E-state index < -0.39 is 8.25 Å². The summed E-state index contributed by atoms with van der Waals surface area (Å²) in [6.07, 6.45) is 1.12. The van der Waals surface area contributed by atoms with Crippen LogP contribution < -0.4 is 9.79 Å². The molecule has 0 radical (unpaired) electrons. The normalized spacial score (nSPS) is 8.25. The van der Waals surface area contributed by atoms with E-state index in [-0.39, 0.29) is 0 Å². The van der Waals surface area contributed by atoms with Gasteiger partial charge < -0.3 is 14.4 Å². The van der Waals surface area contributed by atoms with E-state index in [2.05, 4.69) is 22.9 Å². The van der Waals surface area contributed by atoms with Gasteiger partial charge in [-0.2, -0.15) is 0 Å². The minimum atomic E-state index is -3.63. The Labute approximate surface area is 57.9 Å². The summed E-state index contributed by atoms with van der Waals surface area (Å²) in [5.74, 6) is 0. The van der Waals surface area contributed by atoms with Crippen molar-refractivity contribution >= 4 is 8.25 Å². The van der Waals surface area contributed by atoms with Gasteiger partial charge in [-0.25, -0.2) is 0 Å². The van der Waals surface area contributed by atoms with Crippen LogP contribution in [-0.4, -0.2) is 0 Å². The molecule has 0 atom stereocenters. The van der Waals surface area contributed by atoms with Gasteiger partial charge >= 0.3 is 34.7 Å². The molecule has 0 saturated heterocycles. The SMILES string of the molecule is CC[CH2][Cu+2].O=[PH]([O-])[O-]. The van der Waals surface area contributed by atoms with Gasteiger partial charge in [-0.15, -0.1) is 0 Å². The van der Waals surface area contributed by atoms with Crippen LogP contribution in [0.2, 0.25) is 5.32 Å². The van der Waals surface area contributed by atoms with Gasteiger partial charge in [0.05, 0.1) is 0 Å². The molecule has 0 aliphatic rings. The topological polar surface area (TPSA) is 63.2 Å². The molecule has 0 spiro atoms. The van der Waals surface area contributed by atoms with Crippen LogP contribution in [0.1, 0.15) is 13.3 Å². The van der Waals surface area contributed by atoms with E-state index in [0.717, 1.165) is 11.7 Å². The molecule has 8 heavy (non-hydrogen) atoms. The van der Waals surface area contributed by atoms with E-state index in [1.807, 2.05) is 0 Å². The van der Waals surface area contributed by atoms with Gasteiger partial charge in [0.2, 0.25) is 0 Å². The largest absolute Gasteiger partial charge is 0.813 e. The van der Waals surface area contributed by atoms with Crippen LogP contribution in [0, 0.1) is 0 Å². The van der Waals surface area contributed by atoms with Crippen LogP contribution in [0.15, 0.2) is 0 Å². The first-order chi connectivity index (χ1) is 3.65. The van der Waals surface area contributed by atoms with E-state index in [0.29, 0.717) is 0 Å². The first-order valence-electron chi connectivity index (χ1n) is 2.03. The summed E-state index contributed by atoms with van der Waals surface area (Å²) in [5, 5.41) is 0.882. The molecule has 0 heterocycles. The third kappa shape index (κ3) is 76.9. The standard InChI is InChI=1S/C3H7.Cu.H3O3P/c1-3-2;;1-4(2)3/h1,3H2,2H3;;4H,(H2,1,2,3)/q;+2;/p-2. The molecule has 0 amide bonds. The van der Waals surface area contributed by atoms with Crippen LogP contribution in [0.3, 0.4) is 0 Å². The predicted molar refractivity (Wildman–Crippen MR) is 24.1 cm³/mol. The zero-order valence-corrected chi connectivity index (χ0v) is 6.38. The van der Waals surface area contributed by atoms with Crippen LogP contribution in [-0.2, 0) is 20.6 Å². The average Bonchev–Trinajstić information content (AvgIpc) is 1.65. The molecule has 0 rings (SSSR count). The first kappa shape index (κ1) is 11.5. The van der Waals surface area contributed by atoms with Crippen molar-refractivity contribution in [3.63, 3.8) is 0 Å². The van der Waals surface area contributed by atoms with Crippen molar-refractivity contribution < 1.29 is 30.4 Å². The fourth-order valence-corrected chi connectivity index (χ4v) is 0.